The van der Waals surface area contributed by atoms with Gasteiger partial charge in [0.2, 0.25) is 0 Å². The minimum Gasteiger partial charge on any atom is -0.462 e. The van der Waals surface area contributed by atoms with Gasteiger partial charge in [-0.1, -0.05) is 66.7 Å². The van der Waals surface area contributed by atoms with Crippen molar-refractivity contribution in [3.05, 3.63) is 114 Å². The van der Waals surface area contributed by atoms with E-state index >= 15 is 0 Å². The summed E-state index contributed by atoms with van der Waals surface area (Å²) in [5.74, 6) is 0.375. The van der Waals surface area contributed by atoms with Gasteiger partial charge in [-0.05, 0) is 73.3 Å². The number of nitrogens with one attached hydrogen (secondary N) is 1. The number of fused-ring (bicyclic) bond motifs is 1. The third-order valence-corrected chi connectivity index (χ3v) is 7.00. The molecule has 0 saturated carbocycles. The molecule has 1 N–H and O–H groups in total. The Morgan fingerprint density at radius 3 is 2.40 bits per heavy atom. The molecule has 3 atom stereocenters. The predicted molar refractivity (Wildman–Crippen MR) is 159 cm³/mol. The van der Waals surface area contributed by atoms with Crippen LogP contribution in [0.2, 0.25) is 0 Å². The van der Waals surface area contributed by atoms with Crippen LogP contribution in [0.1, 0.15) is 61.5 Å². The number of methoxy groups -OCH3 is 1. The molecule has 1 fully saturated rings. The molecule has 2 heterocycles. The van der Waals surface area contributed by atoms with E-state index in [1.165, 1.54) is 21.9 Å². The number of aromatic nitrogens is 1. The van der Waals surface area contributed by atoms with Crippen LogP contribution in [0, 0.1) is 0 Å². The number of rotatable bonds is 8. The predicted octanol–water partition coefficient (Wildman–Crippen LogP) is 6.59. The average Bonchev–Trinajstić information content (AvgIpc) is 2.97. The molecule has 1 aliphatic rings. The molecule has 40 heavy (non-hydrogen) atoms. The van der Waals surface area contributed by atoms with E-state index in [0.717, 1.165) is 30.6 Å². The molecular formula is C34H40N2O4. The van der Waals surface area contributed by atoms with Crippen LogP contribution in [0.15, 0.2) is 91.3 Å². The van der Waals surface area contributed by atoms with E-state index in [9.17, 15) is 4.79 Å². The highest BCUT2D eigenvalue weighted by atomic mass is 16.5. The molecule has 3 aromatic carbocycles. The van der Waals surface area contributed by atoms with Gasteiger partial charge in [0, 0.05) is 37.5 Å². The number of carbonyl (C=O) groups is 1. The van der Waals surface area contributed by atoms with Gasteiger partial charge in [0.1, 0.15) is 11.7 Å². The molecular weight excluding hydrogens is 500 g/mol. The SMILES string of the molecule is CC(C)(C)OC=O.COC(c1ccc(C2CCNCC2OCc2ccc3ccccc3c2)cc1)c1cccnc1. The first kappa shape index (κ1) is 29.4. The number of hydrogen-bond acceptors (Lipinski definition) is 6. The van der Waals surface area contributed by atoms with Crippen LogP contribution in [-0.2, 0) is 25.6 Å². The highest BCUT2D eigenvalue weighted by molar-refractivity contribution is 5.82. The van der Waals surface area contributed by atoms with E-state index in [0.29, 0.717) is 19.0 Å². The Kier molecular flexibility index (Phi) is 10.4. The summed E-state index contributed by atoms with van der Waals surface area (Å²) in [6.45, 7) is 8.43. The van der Waals surface area contributed by atoms with Crippen molar-refractivity contribution in [1.29, 1.82) is 0 Å². The Hall–Kier alpha value is -3.58. The van der Waals surface area contributed by atoms with Gasteiger partial charge < -0.3 is 19.5 Å². The first-order valence-electron chi connectivity index (χ1n) is 13.8. The lowest BCUT2D eigenvalue weighted by molar-refractivity contribution is -0.138. The minimum atomic E-state index is -0.318. The third-order valence-electron chi connectivity index (χ3n) is 7.00. The van der Waals surface area contributed by atoms with Crippen molar-refractivity contribution in [3.63, 3.8) is 0 Å². The van der Waals surface area contributed by atoms with E-state index in [1.807, 2.05) is 33.0 Å². The van der Waals surface area contributed by atoms with Gasteiger partial charge in [-0.3, -0.25) is 9.78 Å². The average molecular weight is 541 g/mol. The van der Waals surface area contributed by atoms with E-state index in [4.69, 9.17) is 9.47 Å². The second-order valence-electron chi connectivity index (χ2n) is 11.0. The van der Waals surface area contributed by atoms with Gasteiger partial charge in [-0.15, -0.1) is 0 Å². The molecule has 210 valence electrons. The van der Waals surface area contributed by atoms with Gasteiger partial charge in [0.25, 0.3) is 6.47 Å². The normalized spacial score (nSPS) is 17.9. The number of benzene rings is 3. The first-order valence-corrected chi connectivity index (χ1v) is 13.8. The lowest BCUT2D eigenvalue weighted by atomic mass is 9.86. The molecule has 4 aromatic rings. The van der Waals surface area contributed by atoms with Crippen LogP contribution >= 0.6 is 0 Å². The first-order chi connectivity index (χ1) is 19.4. The second kappa shape index (κ2) is 14.2. The molecule has 5 rings (SSSR count). The quantitative estimate of drug-likeness (QED) is 0.254. The van der Waals surface area contributed by atoms with Crippen LogP contribution < -0.4 is 5.32 Å². The molecule has 1 aromatic heterocycles. The van der Waals surface area contributed by atoms with Gasteiger partial charge in [0.15, 0.2) is 0 Å². The van der Waals surface area contributed by atoms with Crippen LogP contribution in [0.25, 0.3) is 10.8 Å². The lowest BCUT2D eigenvalue weighted by Crippen LogP contribution is -2.41. The minimum absolute atomic E-state index is 0.110. The van der Waals surface area contributed by atoms with E-state index in [2.05, 4.69) is 87.8 Å². The van der Waals surface area contributed by atoms with Crippen LogP contribution in [0.5, 0.6) is 0 Å². The molecule has 0 bridgehead atoms. The standard InChI is InChI=1S/C29H30N2O2.C5H10O2/c1-32-29(26-7-4-15-30-18-26)24-12-10-23(11-13-24)27-14-16-31-19-28(27)33-20-21-8-9-22-5-2-3-6-25(22)17-21;1-5(2,3)7-4-6/h2-13,15,17-18,27-29,31H,14,16,19-20H2,1H3;4H,1-3H3. The van der Waals surface area contributed by atoms with Gasteiger partial charge in [0.05, 0.1) is 12.7 Å². The Morgan fingerprint density at radius 1 is 0.975 bits per heavy atom. The number of pyridine rings is 1. The molecule has 0 radical (unpaired) electrons. The fourth-order valence-corrected chi connectivity index (χ4v) is 4.98. The van der Waals surface area contributed by atoms with Crippen LogP contribution in [0.3, 0.4) is 0 Å². The molecule has 0 spiro atoms. The Bertz CT molecular complexity index is 1340. The Balaban J connectivity index is 0.000000470. The van der Waals surface area contributed by atoms with Crippen LogP contribution in [0.4, 0.5) is 0 Å². The van der Waals surface area contributed by atoms with Crippen molar-refractivity contribution in [1.82, 2.24) is 10.3 Å². The molecule has 1 aliphatic heterocycles. The lowest BCUT2D eigenvalue weighted by Gasteiger charge is -2.33. The fraction of sp³-hybridized carbons (Fsp3) is 0.353. The van der Waals surface area contributed by atoms with E-state index < -0.39 is 0 Å². The maximum atomic E-state index is 9.60. The smallest absolute Gasteiger partial charge is 0.293 e. The molecule has 0 amide bonds. The van der Waals surface area contributed by atoms with Crippen molar-refractivity contribution in [2.75, 3.05) is 20.2 Å². The number of nitrogens with zero attached hydrogens (tertiary/aromatic N) is 1. The zero-order valence-electron chi connectivity index (χ0n) is 23.9. The third kappa shape index (κ3) is 8.21. The summed E-state index contributed by atoms with van der Waals surface area (Å²) < 4.78 is 16.8. The summed E-state index contributed by atoms with van der Waals surface area (Å²) in [5.41, 5.74) is 4.42. The number of carbonyl (C=O) groups excluding carboxylic acids is 1. The molecule has 0 aliphatic carbocycles. The molecule has 6 nitrogen and oxygen atoms in total. The summed E-state index contributed by atoms with van der Waals surface area (Å²) in [5, 5.41) is 6.03. The van der Waals surface area contributed by atoms with Crippen molar-refractivity contribution in [2.45, 2.75) is 57.5 Å². The number of hydrogen-bond donors (Lipinski definition) is 1. The summed E-state index contributed by atoms with van der Waals surface area (Å²) in [6.07, 6.45) is 4.76. The van der Waals surface area contributed by atoms with Crippen molar-refractivity contribution in [3.8, 4) is 0 Å². The zero-order chi connectivity index (χ0) is 28.4. The maximum Gasteiger partial charge on any atom is 0.293 e. The topological polar surface area (TPSA) is 69.7 Å². The Labute approximate surface area is 237 Å². The molecule has 3 unspecified atom stereocenters. The molecule has 1 saturated heterocycles. The van der Waals surface area contributed by atoms with E-state index in [-0.39, 0.29) is 17.8 Å². The summed E-state index contributed by atoms with van der Waals surface area (Å²) in [6, 6.07) is 27.9. The number of piperidine rings is 1. The van der Waals surface area contributed by atoms with Gasteiger partial charge >= 0.3 is 0 Å². The summed E-state index contributed by atoms with van der Waals surface area (Å²) in [4.78, 5) is 13.8. The monoisotopic (exact) mass is 540 g/mol. The van der Waals surface area contributed by atoms with Crippen molar-refractivity contribution >= 4 is 17.2 Å². The van der Waals surface area contributed by atoms with E-state index in [1.54, 1.807) is 13.3 Å². The molecule has 6 heteroatoms. The fourth-order valence-electron chi connectivity index (χ4n) is 4.98. The zero-order valence-corrected chi connectivity index (χ0v) is 23.9. The van der Waals surface area contributed by atoms with Crippen LogP contribution in [-0.4, -0.2) is 43.4 Å². The second-order valence-corrected chi connectivity index (χ2v) is 11.0. The summed E-state index contributed by atoms with van der Waals surface area (Å²) in [7, 11) is 1.75. The maximum absolute atomic E-state index is 9.60. The van der Waals surface area contributed by atoms with Gasteiger partial charge in [-0.2, -0.15) is 0 Å². The van der Waals surface area contributed by atoms with Crippen molar-refractivity contribution < 1.29 is 19.0 Å². The summed E-state index contributed by atoms with van der Waals surface area (Å²) >= 11 is 0. The van der Waals surface area contributed by atoms with Gasteiger partial charge in [-0.25, -0.2) is 0 Å². The Morgan fingerprint density at radius 2 is 1.75 bits per heavy atom. The highest BCUT2D eigenvalue weighted by Gasteiger charge is 2.27. The highest BCUT2D eigenvalue weighted by Crippen LogP contribution is 2.31. The van der Waals surface area contributed by atoms with Crippen molar-refractivity contribution in [2.24, 2.45) is 0 Å². The number of ether oxygens (including phenoxy) is 3. The largest absolute Gasteiger partial charge is 0.462 e.